The van der Waals surface area contributed by atoms with Gasteiger partial charge in [0.15, 0.2) is 11.0 Å². The summed E-state index contributed by atoms with van der Waals surface area (Å²) in [7, 11) is 5.25. The third kappa shape index (κ3) is 4.17. The molecule has 1 atom stereocenters. The van der Waals surface area contributed by atoms with Crippen molar-refractivity contribution in [1.29, 1.82) is 0 Å². The Bertz CT molecular complexity index is 1410. The number of nitrogens with zero attached hydrogens (tertiary/aromatic N) is 6. The van der Waals surface area contributed by atoms with E-state index in [1.807, 2.05) is 62.5 Å². The third-order valence-corrected chi connectivity index (χ3v) is 6.93. The normalized spacial score (nSPS) is 12.1. The Morgan fingerprint density at radius 1 is 1.06 bits per heavy atom. The molecule has 0 N–H and O–H groups in total. The number of para-hydroxylation sites is 1. The van der Waals surface area contributed by atoms with Gasteiger partial charge in [0.05, 0.1) is 21.7 Å². The zero-order valence-corrected chi connectivity index (χ0v) is 21.1. The van der Waals surface area contributed by atoms with E-state index in [-0.39, 0.29) is 11.5 Å². The Kier molecular flexibility index (Phi) is 6.67. The quantitative estimate of drug-likeness (QED) is 0.378. The number of halogens is 1. The molecule has 2 heterocycles. The van der Waals surface area contributed by atoms with Crippen LogP contribution >= 0.6 is 23.4 Å². The standard InChI is InChI=1S/C24H25ClN6O2S/c1-15-20(23(33)31(29(15)5)17-11-7-6-8-12-17)30-21(18-13-9-10-14-19(18)25)26-27-24(30)34-16(2)22(32)28(3)4/h6-14,16H,1-5H3. The first-order valence-electron chi connectivity index (χ1n) is 10.6. The molecule has 0 aliphatic carbocycles. The van der Waals surface area contributed by atoms with Crippen LogP contribution in [0.2, 0.25) is 5.02 Å². The van der Waals surface area contributed by atoms with Crippen LogP contribution in [0.15, 0.2) is 64.5 Å². The SMILES string of the molecule is Cc1c(-n2c(SC(C)C(=O)N(C)C)nnc2-c2ccccc2Cl)c(=O)n(-c2ccccc2)n1C. The highest BCUT2D eigenvalue weighted by molar-refractivity contribution is 8.00. The lowest BCUT2D eigenvalue weighted by Crippen LogP contribution is -2.30. The van der Waals surface area contributed by atoms with Gasteiger partial charge in [0.25, 0.3) is 5.56 Å². The van der Waals surface area contributed by atoms with Crippen molar-refractivity contribution >= 4 is 29.3 Å². The van der Waals surface area contributed by atoms with Crippen LogP contribution in [0.1, 0.15) is 12.6 Å². The van der Waals surface area contributed by atoms with Gasteiger partial charge in [-0.2, -0.15) is 0 Å². The molecule has 2 aromatic carbocycles. The van der Waals surface area contributed by atoms with Crippen molar-refractivity contribution in [3.63, 3.8) is 0 Å². The molecule has 1 amide bonds. The largest absolute Gasteiger partial charge is 0.348 e. The predicted octanol–water partition coefficient (Wildman–Crippen LogP) is 3.95. The van der Waals surface area contributed by atoms with Gasteiger partial charge < -0.3 is 4.90 Å². The number of amides is 1. The first-order valence-corrected chi connectivity index (χ1v) is 11.9. The minimum atomic E-state index is -0.433. The van der Waals surface area contributed by atoms with Crippen LogP contribution in [0.4, 0.5) is 0 Å². The Morgan fingerprint density at radius 3 is 2.35 bits per heavy atom. The zero-order chi connectivity index (χ0) is 24.6. The van der Waals surface area contributed by atoms with Crippen molar-refractivity contribution in [1.82, 2.24) is 29.0 Å². The number of thioether (sulfide) groups is 1. The smallest absolute Gasteiger partial charge is 0.296 e. The third-order valence-electron chi connectivity index (χ3n) is 5.57. The summed E-state index contributed by atoms with van der Waals surface area (Å²) in [5, 5.41) is 9.26. The van der Waals surface area contributed by atoms with Gasteiger partial charge in [-0.3, -0.25) is 18.8 Å². The molecule has 8 nitrogen and oxygen atoms in total. The number of benzene rings is 2. The Morgan fingerprint density at radius 2 is 1.71 bits per heavy atom. The molecular formula is C24H25ClN6O2S. The molecule has 34 heavy (non-hydrogen) atoms. The molecule has 0 aliphatic heterocycles. The summed E-state index contributed by atoms with van der Waals surface area (Å²) in [4.78, 5) is 27.9. The summed E-state index contributed by atoms with van der Waals surface area (Å²) in [5.41, 5.74) is 2.27. The summed E-state index contributed by atoms with van der Waals surface area (Å²) in [5.74, 6) is 0.369. The molecule has 0 fully saturated rings. The topological polar surface area (TPSA) is 78.0 Å². The van der Waals surface area contributed by atoms with Crippen molar-refractivity contribution in [2.24, 2.45) is 7.05 Å². The van der Waals surface area contributed by atoms with Crippen LogP contribution in [0.5, 0.6) is 0 Å². The minimum Gasteiger partial charge on any atom is -0.348 e. The molecule has 2 aromatic heterocycles. The highest BCUT2D eigenvalue weighted by Gasteiger charge is 2.28. The lowest BCUT2D eigenvalue weighted by atomic mass is 10.2. The van der Waals surface area contributed by atoms with Gasteiger partial charge in [-0.15, -0.1) is 10.2 Å². The minimum absolute atomic E-state index is 0.0645. The number of aromatic nitrogens is 5. The average molecular weight is 497 g/mol. The van der Waals surface area contributed by atoms with E-state index in [0.717, 1.165) is 11.4 Å². The van der Waals surface area contributed by atoms with Crippen molar-refractivity contribution < 1.29 is 4.79 Å². The number of carbonyl (C=O) groups is 1. The first-order chi connectivity index (χ1) is 16.2. The number of hydrogen-bond acceptors (Lipinski definition) is 5. The van der Waals surface area contributed by atoms with E-state index in [0.29, 0.717) is 27.3 Å². The van der Waals surface area contributed by atoms with Gasteiger partial charge in [0.2, 0.25) is 5.91 Å². The van der Waals surface area contributed by atoms with E-state index in [2.05, 4.69) is 10.2 Å². The summed E-state index contributed by atoms with van der Waals surface area (Å²) < 4.78 is 5.11. The average Bonchev–Trinajstić information content (AvgIpc) is 3.31. The maximum absolute atomic E-state index is 13.8. The second-order valence-electron chi connectivity index (χ2n) is 8.02. The van der Waals surface area contributed by atoms with Gasteiger partial charge in [-0.05, 0) is 38.1 Å². The van der Waals surface area contributed by atoms with E-state index < -0.39 is 5.25 Å². The van der Waals surface area contributed by atoms with Crippen molar-refractivity contribution in [3.8, 4) is 22.8 Å². The summed E-state index contributed by atoms with van der Waals surface area (Å²) in [6.45, 7) is 3.68. The second kappa shape index (κ2) is 9.52. The Hall–Kier alpha value is -3.30. The van der Waals surface area contributed by atoms with Crippen LogP contribution < -0.4 is 5.56 Å². The van der Waals surface area contributed by atoms with E-state index in [4.69, 9.17) is 11.6 Å². The lowest BCUT2D eigenvalue weighted by Gasteiger charge is -2.16. The molecule has 0 radical (unpaired) electrons. The maximum Gasteiger partial charge on any atom is 0.296 e. The van der Waals surface area contributed by atoms with Crippen LogP contribution in [0, 0.1) is 6.92 Å². The Balaban J connectivity index is 1.97. The van der Waals surface area contributed by atoms with Gasteiger partial charge >= 0.3 is 0 Å². The van der Waals surface area contributed by atoms with Crippen LogP contribution in [-0.4, -0.2) is 54.3 Å². The fourth-order valence-electron chi connectivity index (χ4n) is 3.75. The monoisotopic (exact) mass is 496 g/mol. The maximum atomic E-state index is 13.8. The van der Waals surface area contributed by atoms with Crippen molar-refractivity contribution in [2.75, 3.05) is 14.1 Å². The second-order valence-corrected chi connectivity index (χ2v) is 9.74. The van der Waals surface area contributed by atoms with E-state index in [1.165, 1.54) is 16.7 Å². The van der Waals surface area contributed by atoms with Gasteiger partial charge in [-0.1, -0.05) is 53.7 Å². The van der Waals surface area contributed by atoms with E-state index in [1.54, 1.807) is 41.0 Å². The molecule has 0 bridgehead atoms. The molecule has 0 spiro atoms. The van der Waals surface area contributed by atoms with Crippen molar-refractivity contribution in [3.05, 3.63) is 75.7 Å². The highest BCUT2D eigenvalue weighted by Crippen LogP contribution is 2.33. The van der Waals surface area contributed by atoms with Crippen LogP contribution in [-0.2, 0) is 11.8 Å². The fourth-order valence-corrected chi connectivity index (χ4v) is 4.97. The predicted molar refractivity (Wildman–Crippen MR) is 135 cm³/mol. The summed E-state index contributed by atoms with van der Waals surface area (Å²) >= 11 is 7.75. The molecule has 176 valence electrons. The number of rotatable bonds is 6. The summed E-state index contributed by atoms with van der Waals surface area (Å²) in [6, 6.07) is 16.7. The van der Waals surface area contributed by atoms with E-state index in [9.17, 15) is 9.59 Å². The Labute approximate surface area is 206 Å². The molecule has 4 aromatic rings. The lowest BCUT2D eigenvalue weighted by molar-refractivity contribution is -0.127. The zero-order valence-electron chi connectivity index (χ0n) is 19.6. The van der Waals surface area contributed by atoms with Gasteiger partial charge in [0, 0.05) is 26.7 Å². The molecular weight excluding hydrogens is 472 g/mol. The molecule has 10 heteroatoms. The highest BCUT2D eigenvalue weighted by atomic mass is 35.5. The molecule has 4 rings (SSSR count). The van der Waals surface area contributed by atoms with Gasteiger partial charge in [-0.25, -0.2) is 4.68 Å². The summed E-state index contributed by atoms with van der Waals surface area (Å²) in [6.07, 6.45) is 0. The number of carbonyl (C=O) groups excluding carboxylic acids is 1. The van der Waals surface area contributed by atoms with E-state index >= 15 is 0 Å². The number of hydrogen-bond donors (Lipinski definition) is 0. The molecule has 0 saturated heterocycles. The molecule has 0 aliphatic rings. The van der Waals surface area contributed by atoms with Crippen LogP contribution in [0.3, 0.4) is 0 Å². The van der Waals surface area contributed by atoms with Crippen LogP contribution in [0.25, 0.3) is 22.8 Å². The first kappa shape index (κ1) is 23.8. The fraction of sp³-hybridized carbons (Fsp3) is 0.250. The molecule has 1 unspecified atom stereocenters. The van der Waals surface area contributed by atoms with Gasteiger partial charge in [0.1, 0.15) is 5.69 Å². The molecule has 0 saturated carbocycles. The van der Waals surface area contributed by atoms with Crippen molar-refractivity contribution in [2.45, 2.75) is 24.3 Å².